The standard InChI is InChI=1S/C15H27N3O/c1-3-14(4-2)18-9-7-13(17-18)10-15(19)12-6-5-8-16-11-12/h7,9,12,14-16,19H,3-6,8,10-11H2,1-2H3. The predicted molar refractivity (Wildman–Crippen MR) is 77.2 cm³/mol. The predicted octanol–water partition coefficient (Wildman–Crippen LogP) is 2.15. The fraction of sp³-hybridized carbons (Fsp3) is 0.800. The minimum absolute atomic E-state index is 0.266. The second-order valence-electron chi connectivity index (χ2n) is 5.64. The van der Waals surface area contributed by atoms with Gasteiger partial charge in [-0.1, -0.05) is 13.8 Å². The quantitative estimate of drug-likeness (QED) is 0.828. The molecular formula is C15H27N3O. The van der Waals surface area contributed by atoms with Gasteiger partial charge in [-0.3, -0.25) is 4.68 Å². The van der Waals surface area contributed by atoms with Crippen molar-refractivity contribution >= 4 is 0 Å². The molecule has 0 spiro atoms. The van der Waals surface area contributed by atoms with E-state index in [2.05, 4.69) is 41.2 Å². The van der Waals surface area contributed by atoms with Crippen molar-refractivity contribution in [3.05, 3.63) is 18.0 Å². The van der Waals surface area contributed by atoms with E-state index in [1.165, 1.54) is 6.42 Å². The Morgan fingerprint density at radius 3 is 2.89 bits per heavy atom. The number of rotatable bonds is 6. The van der Waals surface area contributed by atoms with Crippen LogP contribution in [0.1, 0.15) is 51.3 Å². The van der Waals surface area contributed by atoms with Crippen LogP contribution in [0.5, 0.6) is 0 Å². The molecule has 2 N–H and O–H groups in total. The molecule has 0 aromatic carbocycles. The van der Waals surface area contributed by atoms with E-state index in [0.717, 1.165) is 38.0 Å². The van der Waals surface area contributed by atoms with Gasteiger partial charge in [0, 0.05) is 19.2 Å². The van der Waals surface area contributed by atoms with E-state index < -0.39 is 0 Å². The van der Waals surface area contributed by atoms with Crippen molar-refractivity contribution in [3.63, 3.8) is 0 Å². The number of piperidine rings is 1. The Labute approximate surface area is 116 Å². The highest BCUT2D eigenvalue weighted by Crippen LogP contribution is 2.19. The number of aromatic nitrogens is 2. The van der Waals surface area contributed by atoms with E-state index in [-0.39, 0.29) is 6.10 Å². The first-order chi connectivity index (χ1) is 9.24. The average molecular weight is 265 g/mol. The van der Waals surface area contributed by atoms with Gasteiger partial charge in [0.15, 0.2) is 0 Å². The van der Waals surface area contributed by atoms with Gasteiger partial charge in [-0.05, 0) is 44.2 Å². The normalized spacial score (nSPS) is 21.8. The monoisotopic (exact) mass is 265 g/mol. The second-order valence-corrected chi connectivity index (χ2v) is 5.64. The minimum Gasteiger partial charge on any atom is -0.392 e. The van der Waals surface area contributed by atoms with Gasteiger partial charge in [0.2, 0.25) is 0 Å². The summed E-state index contributed by atoms with van der Waals surface area (Å²) in [5.74, 6) is 0.382. The number of nitrogens with zero attached hydrogens (tertiary/aromatic N) is 2. The van der Waals surface area contributed by atoms with Gasteiger partial charge in [-0.15, -0.1) is 0 Å². The Morgan fingerprint density at radius 2 is 2.26 bits per heavy atom. The van der Waals surface area contributed by atoms with E-state index in [1.807, 2.05) is 0 Å². The van der Waals surface area contributed by atoms with Crippen LogP contribution in [-0.2, 0) is 6.42 Å². The van der Waals surface area contributed by atoms with Crippen molar-refractivity contribution in [2.75, 3.05) is 13.1 Å². The molecule has 1 aliphatic rings. The van der Waals surface area contributed by atoms with Gasteiger partial charge in [-0.25, -0.2) is 0 Å². The first-order valence-electron chi connectivity index (χ1n) is 7.67. The Morgan fingerprint density at radius 1 is 1.47 bits per heavy atom. The van der Waals surface area contributed by atoms with Gasteiger partial charge in [0.1, 0.15) is 0 Å². The lowest BCUT2D eigenvalue weighted by atomic mass is 9.91. The Balaban J connectivity index is 1.91. The maximum atomic E-state index is 10.3. The van der Waals surface area contributed by atoms with Crippen LogP contribution in [0.15, 0.2) is 12.3 Å². The molecule has 108 valence electrons. The first kappa shape index (κ1) is 14.5. The minimum atomic E-state index is -0.266. The molecule has 4 nitrogen and oxygen atoms in total. The maximum Gasteiger partial charge on any atom is 0.0650 e. The molecule has 1 saturated heterocycles. The third-order valence-corrected chi connectivity index (χ3v) is 4.28. The Hall–Kier alpha value is -0.870. The molecule has 0 aliphatic carbocycles. The zero-order valence-electron chi connectivity index (χ0n) is 12.2. The summed E-state index contributed by atoms with van der Waals surface area (Å²) < 4.78 is 2.06. The van der Waals surface area contributed by atoms with E-state index in [0.29, 0.717) is 18.4 Å². The number of aliphatic hydroxyl groups is 1. The zero-order valence-corrected chi connectivity index (χ0v) is 12.2. The molecule has 1 aromatic heterocycles. The number of hydrogen-bond donors (Lipinski definition) is 2. The third kappa shape index (κ3) is 3.80. The first-order valence-corrected chi connectivity index (χ1v) is 7.67. The van der Waals surface area contributed by atoms with Crippen molar-refractivity contribution < 1.29 is 5.11 Å². The van der Waals surface area contributed by atoms with E-state index in [9.17, 15) is 5.11 Å². The average Bonchev–Trinajstić information content (AvgIpc) is 2.89. The molecule has 0 bridgehead atoms. The summed E-state index contributed by atoms with van der Waals surface area (Å²) in [7, 11) is 0. The molecule has 0 radical (unpaired) electrons. The van der Waals surface area contributed by atoms with Crippen LogP contribution in [0.3, 0.4) is 0 Å². The summed E-state index contributed by atoms with van der Waals surface area (Å²) in [6.07, 6.45) is 6.97. The van der Waals surface area contributed by atoms with Gasteiger partial charge in [-0.2, -0.15) is 5.10 Å². The molecule has 2 rings (SSSR count). The molecule has 0 amide bonds. The molecular weight excluding hydrogens is 238 g/mol. The highest BCUT2D eigenvalue weighted by molar-refractivity contribution is 5.02. The smallest absolute Gasteiger partial charge is 0.0650 e. The SMILES string of the molecule is CCC(CC)n1ccc(CC(O)C2CCCNC2)n1. The summed E-state index contributed by atoms with van der Waals surface area (Å²) >= 11 is 0. The van der Waals surface area contributed by atoms with E-state index in [1.54, 1.807) is 0 Å². The maximum absolute atomic E-state index is 10.3. The second kappa shape index (κ2) is 7.06. The summed E-state index contributed by atoms with van der Waals surface area (Å²) in [5.41, 5.74) is 1.02. The van der Waals surface area contributed by atoms with Crippen molar-refractivity contribution in [2.45, 2.75) is 58.1 Å². The Bertz CT molecular complexity index is 367. The van der Waals surface area contributed by atoms with E-state index >= 15 is 0 Å². The summed E-state index contributed by atoms with van der Waals surface area (Å²) in [6, 6.07) is 2.54. The van der Waals surface area contributed by atoms with Crippen molar-refractivity contribution in [2.24, 2.45) is 5.92 Å². The lowest BCUT2D eigenvalue weighted by Gasteiger charge is -2.26. The molecule has 2 heterocycles. The number of hydrogen-bond acceptors (Lipinski definition) is 3. The number of nitrogens with one attached hydrogen (secondary N) is 1. The molecule has 1 aliphatic heterocycles. The van der Waals surface area contributed by atoms with Gasteiger partial charge < -0.3 is 10.4 Å². The largest absolute Gasteiger partial charge is 0.392 e. The highest BCUT2D eigenvalue weighted by atomic mass is 16.3. The van der Waals surface area contributed by atoms with E-state index in [4.69, 9.17) is 0 Å². The zero-order chi connectivity index (χ0) is 13.7. The van der Waals surface area contributed by atoms with Crippen LogP contribution in [0.25, 0.3) is 0 Å². The molecule has 4 heteroatoms. The van der Waals surface area contributed by atoms with Gasteiger partial charge in [0.25, 0.3) is 0 Å². The fourth-order valence-corrected chi connectivity index (χ4v) is 2.94. The van der Waals surface area contributed by atoms with Crippen molar-refractivity contribution in [1.29, 1.82) is 0 Å². The van der Waals surface area contributed by atoms with Crippen LogP contribution in [0.4, 0.5) is 0 Å². The molecule has 0 saturated carbocycles. The summed E-state index contributed by atoms with van der Waals surface area (Å²) in [6.45, 7) is 6.41. The van der Waals surface area contributed by atoms with Crippen LogP contribution in [0, 0.1) is 5.92 Å². The van der Waals surface area contributed by atoms with Crippen molar-refractivity contribution in [3.8, 4) is 0 Å². The highest BCUT2D eigenvalue weighted by Gasteiger charge is 2.22. The summed E-state index contributed by atoms with van der Waals surface area (Å²) in [4.78, 5) is 0. The van der Waals surface area contributed by atoms with Crippen molar-refractivity contribution in [1.82, 2.24) is 15.1 Å². The molecule has 1 aromatic rings. The molecule has 2 unspecified atom stereocenters. The third-order valence-electron chi connectivity index (χ3n) is 4.28. The topological polar surface area (TPSA) is 50.1 Å². The van der Waals surface area contributed by atoms with Gasteiger partial charge >= 0.3 is 0 Å². The molecule has 2 atom stereocenters. The fourth-order valence-electron chi connectivity index (χ4n) is 2.94. The molecule has 1 fully saturated rings. The Kier molecular flexibility index (Phi) is 5.40. The van der Waals surface area contributed by atoms with Crippen LogP contribution < -0.4 is 5.32 Å². The molecule has 19 heavy (non-hydrogen) atoms. The van der Waals surface area contributed by atoms with Gasteiger partial charge in [0.05, 0.1) is 17.8 Å². The number of aliphatic hydroxyl groups excluding tert-OH is 1. The lowest BCUT2D eigenvalue weighted by molar-refractivity contribution is 0.0911. The van der Waals surface area contributed by atoms with Crippen LogP contribution in [-0.4, -0.2) is 34.1 Å². The lowest BCUT2D eigenvalue weighted by Crippen LogP contribution is -2.37. The van der Waals surface area contributed by atoms with Crippen LogP contribution >= 0.6 is 0 Å². The summed E-state index contributed by atoms with van der Waals surface area (Å²) in [5, 5.41) is 18.3. The van der Waals surface area contributed by atoms with Crippen LogP contribution in [0.2, 0.25) is 0 Å².